The van der Waals surface area contributed by atoms with E-state index >= 15 is 0 Å². The molecule has 0 fully saturated rings. The fourth-order valence-corrected chi connectivity index (χ4v) is 2.55. The number of benzene rings is 1. The van der Waals surface area contributed by atoms with E-state index in [1.165, 1.54) is 0 Å². The van der Waals surface area contributed by atoms with Crippen molar-refractivity contribution in [2.75, 3.05) is 11.9 Å². The molecule has 0 saturated heterocycles. The third-order valence-corrected chi connectivity index (χ3v) is 4.49. The predicted molar refractivity (Wildman–Crippen MR) is 97.7 cm³/mol. The maximum atomic E-state index is 12.1. The highest BCUT2D eigenvalue weighted by molar-refractivity contribution is 9.10. The van der Waals surface area contributed by atoms with Crippen molar-refractivity contribution in [1.29, 1.82) is 0 Å². The number of nitrogens with one attached hydrogen (secondary N) is 1. The van der Waals surface area contributed by atoms with Crippen molar-refractivity contribution in [3.63, 3.8) is 0 Å². The van der Waals surface area contributed by atoms with Gasteiger partial charge in [0.05, 0.1) is 0 Å². The zero-order chi connectivity index (χ0) is 18.0. The first-order valence-electron chi connectivity index (χ1n) is 7.61. The molecule has 0 aliphatic rings. The average Bonchev–Trinajstić information content (AvgIpc) is 2.99. The zero-order valence-corrected chi connectivity index (χ0v) is 15.3. The number of ether oxygens (including phenoxy) is 1. The Hall–Kier alpha value is -2.67. The van der Waals surface area contributed by atoms with Crippen molar-refractivity contribution in [1.82, 2.24) is 9.38 Å². The first kappa shape index (κ1) is 17.2. The number of hydrogen-bond donors (Lipinski definition) is 1. The van der Waals surface area contributed by atoms with E-state index in [4.69, 9.17) is 4.74 Å². The number of pyridine rings is 1. The molecule has 2 heterocycles. The van der Waals surface area contributed by atoms with Crippen LogP contribution in [0.4, 0.5) is 5.69 Å². The molecule has 128 valence electrons. The van der Waals surface area contributed by atoms with Crippen molar-refractivity contribution in [3.05, 3.63) is 64.0 Å². The Labute approximate surface area is 153 Å². The second kappa shape index (κ2) is 7.06. The van der Waals surface area contributed by atoms with Gasteiger partial charge in [-0.05, 0) is 55.3 Å². The lowest BCUT2D eigenvalue weighted by atomic mass is 10.2. The molecule has 0 bridgehead atoms. The number of nitrogens with zero attached hydrogens (tertiary/aromatic N) is 2. The molecule has 0 saturated carbocycles. The van der Waals surface area contributed by atoms with E-state index < -0.39 is 11.9 Å². The van der Waals surface area contributed by atoms with Crippen LogP contribution in [0.25, 0.3) is 5.65 Å². The summed E-state index contributed by atoms with van der Waals surface area (Å²) in [7, 11) is 0. The van der Waals surface area contributed by atoms with Crippen LogP contribution < -0.4 is 5.32 Å². The van der Waals surface area contributed by atoms with Gasteiger partial charge in [0.2, 0.25) is 0 Å². The van der Waals surface area contributed by atoms with Gasteiger partial charge < -0.3 is 14.5 Å². The van der Waals surface area contributed by atoms with Crippen LogP contribution in [0.3, 0.4) is 0 Å². The molecule has 3 rings (SSSR count). The lowest BCUT2D eigenvalue weighted by Gasteiger charge is -2.07. The Morgan fingerprint density at radius 2 is 2.04 bits per heavy atom. The Balaban J connectivity index is 1.60. The molecule has 1 aromatic carbocycles. The molecule has 1 N–H and O–H groups in total. The Kier molecular flexibility index (Phi) is 4.85. The van der Waals surface area contributed by atoms with Crippen molar-refractivity contribution in [2.45, 2.75) is 13.8 Å². The van der Waals surface area contributed by atoms with Crippen LogP contribution in [0.1, 0.15) is 21.6 Å². The van der Waals surface area contributed by atoms with Crippen LogP contribution in [0.5, 0.6) is 0 Å². The molecule has 2 aromatic heterocycles. The van der Waals surface area contributed by atoms with Gasteiger partial charge in [0.1, 0.15) is 5.65 Å². The number of carbonyl (C=O) groups is 2. The number of aryl methyl sites for hydroxylation is 2. The van der Waals surface area contributed by atoms with Crippen molar-refractivity contribution >= 4 is 39.1 Å². The van der Waals surface area contributed by atoms with Crippen LogP contribution in [0, 0.1) is 13.8 Å². The largest absolute Gasteiger partial charge is 0.451 e. The van der Waals surface area contributed by atoms with E-state index in [1.54, 1.807) is 16.7 Å². The number of aromatic nitrogens is 2. The minimum atomic E-state index is -0.636. The molecule has 0 aliphatic carbocycles. The number of imidazole rings is 1. The number of anilines is 1. The highest BCUT2D eigenvalue weighted by atomic mass is 79.9. The van der Waals surface area contributed by atoms with E-state index in [9.17, 15) is 9.59 Å². The van der Waals surface area contributed by atoms with E-state index in [2.05, 4.69) is 26.2 Å². The number of rotatable bonds is 4. The minimum absolute atomic E-state index is 0.165. The lowest BCUT2D eigenvalue weighted by molar-refractivity contribution is -0.119. The van der Waals surface area contributed by atoms with Gasteiger partial charge in [-0.3, -0.25) is 4.79 Å². The van der Waals surface area contributed by atoms with Gasteiger partial charge in [-0.15, -0.1) is 0 Å². The summed E-state index contributed by atoms with van der Waals surface area (Å²) in [5.41, 5.74) is 3.50. The number of halogens is 1. The molecule has 6 nitrogen and oxygen atoms in total. The molecule has 0 radical (unpaired) electrons. The van der Waals surface area contributed by atoms with E-state index in [0.29, 0.717) is 11.3 Å². The summed E-state index contributed by atoms with van der Waals surface area (Å²) in [6.45, 7) is 3.49. The van der Waals surface area contributed by atoms with Gasteiger partial charge in [0, 0.05) is 22.6 Å². The van der Waals surface area contributed by atoms with Gasteiger partial charge in [-0.2, -0.15) is 0 Å². The zero-order valence-electron chi connectivity index (χ0n) is 13.7. The quantitative estimate of drug-likeness (QED) is 0.678. The first-order valence-corrected chi connectivity index (χ1v) is 8.40. The molecule has 25 heavy (non-hydrogen) atoms. The van der Waals surface area contributed by atoms with Crippen molar-refractivity contribution < 1.29 is 14.3 Å². The maximum Gasteiger partial charge on any atom is 0.359 e. The summed E-state index contributed by atoms with van der Waals surface area (Å²) < 4.78 is 7.73. The molecule has 0 spiro atoms. The van der Waals surface area contributed by atoms with Crippen molar-refractivity contribution in [2.24, 2.45) is 0 Å². The minimum Gasteiger partial charge on any atom is -0.451 e. The molecular formula is C18H16BrN3O3. The van der Waals surface area contributed by atoms with E-state index in [0.717, 1.165) is 15.6 Å². The summed E-state index contributed by atoms with van der Waals surface area (Å²) in [5, 5.41) is 2.69. The lowest BCUT2D eigenvalue weighted by Crippen LogP contribution is -2.21. The number of hydrogen-bond acceptors (Lipinski definition) is 4. The van der Waals surface area contributed by atoms with Gasteiger partial charge in [-0.1, -0.05) is 15.9 Å². The molecule has 1 amide bonds. The van der Waals surface area contributed by atoms with Crippen LogP contribution in [-0.2, 0) is 9.53 Å². The Morgan fingerprint density at radius 3 is 2.80 bits per heavy atom. The van der Waals surface area contributed by atoms with Gasteiger partial charge >= 0.3 is 5.97 Å². The SMILES string of the molecule is Cc1ccn2cc(C(=O)OCC(=O)Nc3ccc(Br)c(C)c3)nc2c1. The standard InChI is InChI=1S/C18H16BrN3O3/c1-11-5-6-22-9-15(21-16(22)7-11)18(24)25-10-17(23)20-13-3-4-14(19)12(2)8-13/h3-9H,10H2,1-2H3,(H,20,23). The maximum absolute atomic E-state index is 12.1. The monoisotopic (exact) mass is 401 g/mol. The summed E-state index contributed by atoms with van der Waals surface area (Å²) in [6, 6.07) is 9.21. The smallest absolute Gasteiger partial charge is 0.359 e. The van der Waals surface area contributed by atoms with Crippen LogP contribution in [0.2, 0.25) is 0 Å². The fourth-order valence-electron chi connectivity index (χ4n) is 2.31. The molecule has 7 heteroatoms. The molecule has 3 aromatic rings. The molecule has 0 aliphatic heterocycles. The molecular weight excluding hydrogens is 386 g/mol. The molecule has 0 unspecified atom stereocenters. The second-order valence-corrected chi connectivity index (χ2v) is 6.54. The number of amides is 1. The van der Waals surface area contributed by atoms with Crippen LogP contribution >= 0.6 is 15.9 Å². The summed E-state index contributed by atoms with van der Waals surface area (Å²) in [4.78, 5) is 28.2. The Bertz CT molecular complexity index is 965. The first-order chi connectivity index (χ1) is 11.9. The van der Waals surface area contributed by atoms with E-state index in [-0.39, 0.29) is 12.3 Å². The Morgan fingerprint density at radius 1 is 1.24 bits per heavy atom. The summed E-state index contributed by atoms with van der Waals surface area (Å²) in [5.74, 6) is -1.04. The van der Waals surface area contributed by atoms with Crippen LogP contribution in [-0.4, -0.2) is 27.9 Å². The highest BCUT2D eigenvalue weighted by Gasteiger charge is 2.14. The van der Waals surface area contributed by atoms with Gasteiger partial charge in [-0.25, -0.2) is 9.78 Å². The topological polar surface area (TPSA) is 72.7 Å². The fraction of sp³-hybridized carbons (Fsp3) is 0.167. The third-order valence-electron chi connectivity index (χ3n) is 3.60. The highest BCUT2D eigenvalue weighted by Crippen LogP contribution is 2.19. The van der Waals surface area contributed by atoms with Gasteiger partial charge in [0.15, 0.2) is 12.3 Å². The normalized spacial score (nSPS) is 10.7. The number of fused-ring (bicyclic) bond motifs is 1. The van der Waals surface area contributed by atoms with Crippen LogP contribution in [0.15, 0.2) is 47.2 Å². The molecule has 0 atom stereocenters. The number of esters is 1. The van der Waals surface area contributed by atoms with Gasteiger partial charge in [0.25, 0.3) is 5.91 Å². The summed E-state index contributed by atoms with van der Waals surface area (Å²) >= 11 is 3.40. The second-order valence-electron chi connectivity index (χ2n) is 5.68. The number of carbonyl (C=O) groups excluding carboxylic acids is 2. The average molecular weight is 402 g/mol. The summed E-state index contributed by atoms with van der Waals surface area (Å²) in [6.07, 6.45) is 3.39. The predicted octanol–water partition coefficient (Wildman–Crippen LogP) is 3.51. The van der Waals surface area contributed by atoms with E-state index in [1.807, 2.05) is 44.3 Å². The van der Waals surface area contributed by atoms with Crippen molar-refractivity contribution in [3.8, 4) is 0 Å². The third kappa shape index (κ3) is 4.06.